The van der Waals surface area contributed by atoms with E-state index in [9.17, 15) is 10.1 Å². The number of anilines is 1. The van der Waals surface area contributed by atoms with E-state index in [1.165, 1.54) is 12.1 Å². The van der Waals surface area contributed by atoms with Gasteiger partial charge < -0.3 is 15.1 Å². The first-order chi connectivity index (χ1) is 9.88. The minimum atomic E-state index is -0.445. The molecule has 2 rings (SSSR count). The Labute approximate surface area is 122 Å². The monoisotopic (exact) mass is 292 g/mol. The second kappa shape index (κ2) is 6.09. The van der Waals surface area contributed by atoms with E-state index in [-0.39, 0.29) is 11.7 Å². The molecule has 21 heavy (non-hydrogen) atoms. The molecule has 0 aliphatic carbocycles. The molecule has 1 unspecified atom stereocenters. The number of benzene rings is 1. The molecule has 0 spiro atoms. The maximum Gasteiger partial charge on any atom is 0.298 e. The minimum Gasteiger partial charge on any atom is -0.423 e. The smallest absolute Gasteiger partial charge is 0.298 e. The lowest BCUT2D eigenvalue weighted by Gasteiger charge is -2.19. The maximum absolute atomic E-state index is 10.7. The number of nitrogens with zero attached hydrogens (tertiary/aromatic N) is 3. The minimum absolute atomic E-state index is 0.00633. The molecule has 0 aliphatic rings. The van der Waals surface area contributed by atoms with Crippen molar-refractivity contribution >= 4 is 22.8 Å². The van der Waals surface area contributed by atoms with E-state index >= 15 is 0 Å². The van der Waals surface area contributed by atoms with E-state index in [2.05, 4.69) is 18.8 Å². The summed E-state index contributed by atoms with van der Waals surface area (Å²) in [4.78, 5) is 16.5. The van der Waals surface area contributed by atoms with Gasteiger partial charge in [-0.1, -0.05) is 13.8 Å². The Balaban J connectivity index is 2.13. The summed E-state index contributed by atoms with van der Waals surface area (Å²) in [5.41, 5.74) is 7.05. The van der Waals surface area contributed by atoms with E-state index in [1.807, 2.05) is 11.9 Å². The molecule has 1 heterocycles. The fourth-order valence-electron chi connectivity index (χ4n) is 1.95. The number of oxazole rings is 1. The highest BCUT2D eigenvalue weighted by molar-refractivity contribution is 5.77. The highest BCUT2D eigenvalue weighted by atomic mass is 16.6. The van der Waals surface area contributed by atoms with Crippen LogP contribution in [-0.4, -0.2) is 29.5 Å². The third-order valence-corrected chi connectivity index (χ3v) is 3.55. The quantitative estimate of drug-likeness (QED) is 0.649. The molecule has 2 N–H and O–H groups in total. The van der Waals surface area contributed by atoms with Crippen LogP contribution >= 0.6 is 0 Å². The molecule has 0 fully saturated rings. The van der Waals surface area contributed by atoms with Crippen LogP contribution < -0.4 is 10.6 Å². The lowest BCUT2D eigenvalue weighted by molar-refractivity contribution is -0.384. The van der Waals surface area contributed by atoms with Gasteiger partial charge in [0.25, 0.3) is 11.7 Å². The van der Waals surface area contributed by atoms with Gasteiger partial charge in [-0.2, -0.15) is 4.98 Å². The predicted molar refractivity (Wildman–Crippen MR) is 81.4 cm³/mol. The highest BCUT2D eigenvalue weighted by Gasteiger charge is 2.15. The molecule has 1 aromatic carbocycles. The first-order valence-corrected chi connectivity index (χ1v) is 6.90. The van der Waals surface area contributed by atoms with Crippen LogP contribution in [0.3, 0.4) is 0 Å². The summed E-state index contributed by atoms with van der Waals surface area (Å²) in [6.45, 7) is 4.89. The van der Waals surface area contributed by atoms with Crippen LogP contribution in [-0.2, 0) is 0 Å². The van der Waals surface area contributed by atoms with Gasteiger partial charge in [0.15, 0.2) is 5.58 Å². The third-order valence-electron chi connectivity index (χ3n) is 3.55. The second-order valence-corrected chi connectivity index (χ2v) is 5.52. The fraction of sp³-hybridized carbons (Fsp3) is 0.500. The zero-order chi connectivity index (χ0) is 15.6. The number of aromatic nitrogens is 1. The molecule has 0 saturated carbocycles. The maximum atomic E-state index is 10.7. The molecule has 1 atom stereocenters. The Bertz CT molecular complexity index is 638. The average Bonchev–Trinajstić information content (AvgIpc) is 2.86. The summed E-state index contributed by atoms with van der Waals surface area (Å²) < 4.78 is 5.61. The molecule has 0 radical (unpaired) electrons. The number of rotatable bonds is 6. The first-order valence-electron chi connectivity index (χ1n) is 6.90. The SMILES string of the molecule is CC(C)C(N)CCN(C)c1nc2cc([N+](=O)[O-])ccc2o1. The largest absolute Gasteiger partial charge is 0.423 e. The number of nitrogens with two attached hydrogens (primary N) is 1. The number of nitro groups is 1. The molecular weight excluding hydrogens is 272 g/mol. The zero-order valence-corrected chi connectivity index (χ0v) is 12.4. The van der Waals surface area contributed by atoms with Crippen molar-refractivity contribution in [1.29, 1.82) is 0 Å². The van der Waals surface area contributed by atoms with E-state index in [1.54, 1.807) is 6.07 Å². The second-order valence-electron chi connectivity index (χ2n) is 5.52. The summed E-state index contributed by atoms with van der Waals surface area (Å²) in [5.74, 6) is 0.421. The van der Waals surface area contributed by atoms with Crippen LogP contribution in [0.2, 0.25) is 0 Å². The van der Waals surface area contributed by atoms with Gasteiger partial charge in [-0.15, -0.1) is 0 Å². The van der Waals surface area contributed by atoms with Crippen molar-refractivity contribution in [1.82, 2.24) is 4.98 Å². The molecule has 7 heteroatoms. The van der Waals surface area contributed by atoms with Crippen LogP contribution in [0.1, 0.15) is 20.3 Å². The van der Waals surface area contributed by atoms with E-state index < -0.39 is 4.92 Å². The number of non-ortho nitro benzene ring substituents is 1. The van der Waals surface area contributed by atoms with Gasteiger partial charge in [0.2, 0.25) is 0 Å². The highest BCUT2D eigenvalue weighted by Crippen LogP contribution is 2.25. The standard InChI is InChI=1S/C14H20N4O3/c1-9(2)11(15)6-7-17(3)14-16-12-8-10(18(19)20)4-5-13(12)21-14/h4-5,8-9,11H,6-7,15H2,1-3H3. The van der Waals surface area contributed by atoms with Gasteiger partial charge in [-0.3, -0.25) is 10.1 Å². The summed E-state index contributed by atoms with van der Waals surface area (Å²) in [7, 11) is 1.87. The van der Waals surface area contributed by atoms with Crippen molar-refractivity contribution in [3.8, 4) is 0 Å². The summed E-state index contributed by atoms with van der Waals surface area (Å²) in [6, 6.07) is 4.96. The molecule has 0 saturated heterocycles. The number of fused-ring (bicyclic) bond motifs is 1. The van der Waals surface area contributed by atoms with Crippen molar-refractivity contribution in [3.05, 3.63) is 28.3 Å². The Hall–Kier alpha value is -2.15. The van der Waals surface area contributed by atoms with Gasteiger partial charge in [-0.05, 0) is 18.4 Å². The average molecular weight is 292 g/mol. The molecular formula is C14H20N4O3. The van der Waals surface area contributed by atoms with Crippen LogP contribution in [0, 0.1) is 16.0 Å². The summed E-state index contributed by atoms with van der Waals surface area (Å²) in [5, 5.41) is 10.7. The van der Waals surface area contributed by atoms with Gasteiger partial charge >= 0.3 is 0 Å². The molecule has 7 nitrogen and oxygen atoms in total. The molecule has 0 aliphatic heterocycles. The van der Waals surface area contributed by atoms with E-state index in [0.29, 0.717) is 29.6 Å². The number of hydrogen-bond acceptors (Lipinski definition) is 6. The Morgan fingerprint density at radius 3 is 2.81 bits per heavy atom. The summed E-state index contributed by atoms with van der Waals surface area (Å²) in [6.07, 6.45) is 0.826. The first kappa shape index (κ1) is 15.2. The van der Waals surface area contributed by atoms with E-state index in [4.69, 9.17) is 10.2 Å². The third kappa shape index (κ3) is 3.49. The van der Waals surface area contributed by atoms with Crippen molar-refractivity contribution in [2.24, 2.45) is 11.7 Å². The van der Waals surface area contributed by atoms with Gasteiger partial charge in [-0.25, -0.2) is 0 Å². The Morgan fingerprint density at radius 2 is 2.19 bits per heavy atom. The Morgan fingerprint density at radius 1 is 1.48 bits per heavy atom. The molecule has 2 aromatic rings. The van der Waals surface area contributed by atoms with Gasteiger partial charge in [0, 0.05) is 31.8 Å². The van der Waals surface area contributed by atoms with Crippen molar-refractivity contribution in [3.63, 3.8) is 0 Å². The van der Waals surface area contributed by atoms with Crippen LogP contribution in [0.5, 0.6) is 0 Å². The van der Waals surface area contributed by atoms with Crippen LogP contribution in [0.15, 0.2) is 22.6 Å². The zero-order valence-electron chi connectivity index (χ0n) is 12.4. The van der Waals surface area contributed by atoms with Crippen LogP contribution in [0.4, 0.5) is 11.7 Å². The van der Waals surface area contributed by atoms with E-state index in [0.717, 1.165) is 6.42 Å². The van der Waals surface area contributed by atoms with Crippen LogP contribution in [0.25, 0.3) is 11.1 Å². The lowest BCUT2D eigenvalue weighted by Crippen LogP contribution is -2.31. The van der Waals surface area contributed by atoms with Crippen molar-refractivity contribution in [2.45, 2.75) is 26.3 Å². The van der Waals surface area contributed by atoms with Crippen molar-refractivity contribution in [2.75, 3.05) is 18.5 Å². The molecule has 1 aromatic heterocycles. The topological polar surface area (TPSA) is 98.4 Å². The number of hydrogen-bond donors (Lipinski definition) is 1. The summed E-state index contributed by atoms with van der Waals surface area (Å²) >= 11 is 0. The molecule has 0 amide bonds. The molecule has 0 bridgehead atoms. The predicted octanol–water partition coefficient (Wildman–Crippen LogP) is 2.55. The van der Waals surface area contributed by atoms with Gasteiger partial charge in [0.1, 0.15) is 5.52 Å². The normalized spacial score (nSPS) is 12.8. The van der Waals surface area contributed by atoms with Gasteiger partial charge in [0.05, 0.1) is 4.92 Å². The fourth-order valence-corrected chi connectivity index (χ4v) is 1.95. The molecule has 114 valence electrons. The Kier molecular flexibility index (Phi) is 4.42. The number of nitro benzene ring substituents is 1. The lowest BCUT2D eigenvalue weighted by atomic mass is 10.0. The van der Waals surface area contributed by atoms with Crippen molar-refractivity contribution < 1.29 is 9.34 Å².